The fourth-order valence-corrected chi connectivity index (χ4v) is 5.19. The average molecular weight is 442 g/mol. The van der Waals surface area contributed by atoms with Crippen molar-refractivity contribution in [2.24, 2.45) is 0 Å². The smallest absolute Gasteiger partial charge is 0.243 e. The Morgan fingerprint density at radius 3 is 2.26 bits per heavy atom. The second-order valence-electron chi connectivity index (χ2n) is 5.64. The Bertz CT molecular complexity index is 785. The lowest BCUT2D eigenvalue weighted by Crippen LogP contribution is -2.48. The maximum atomic E-state index is 12.9. The van der Waals surface area contributed by atoms with Crippen LogP contribution in [0, 0.1) is 10.5 Å². The second kappa shape index (κ2) is 6.78. The van der Waals surface area contributed by atoms with Crippen LogP contribution < -0.4 is 4.90 Å². The lowest BCUT2D eigenvalue weighted by Gasteiger charge is -2.35. The minimum Gasteiger partial charge on any atom is -0.369 e. The van der Waals surface area contributed by atoms with Crippen molar-refractivity contribution in [1.29, 1.82) is 0 Å². The molecule has 0 spiro atoms. The molecule has 6 heteroatoms. The molecule has 2 aromatic rings. The van der Waals surface area contributed by atoms with Crippen molar-refractivity contribution in [2.45, 2.75) is 11.8 Å². The van der Waals surface area contributed by atoms with Crippen molar-refractivity contribution < 1.29 is 8.42 Å². The zero-order chi connectivity index (χ0) is 16.4. The number of piperazine rings is 1. The molecule has 1 aliphatic heterocycles. The molecule has 1 aliphatic rings. The topological polar surface area (TPSA) is 40.6 Å². The van der Waals surface area contributed by atoms with Crippen molar-refractivity contribution in [3.05, 3.63) is 57.7 Å². The van der Waals surface area contributed by atoms with Gasteiger partial charge >= 0.3 is 0 Å². The molecule has 0 amide bonds. The molecule has 3 rings (SSSR count). The molecule has 1 fully saturated rings. The Hall–Kier alpha value is -1.12. The van der Waals surface area contributed by atoms with Crippen LogP contribution in [0.25, 0.3) is 0 Å². The Balaban J connectivity index is 1.78. The Labute approximate surface area is 151 Å². The Morgan fingerprint density at radius 1 is 0.957 bits per heavy atom. The highest BCUT2D eigenvalue weighted by Gasteiger charge is 2.29. The molecule has 2 aromatic carbocycles. The summed E-state index contributed by atoms with van der Waals surface area (Å²) < 4.78 is 28.4. The lowest BCUT2D eigenvalue weighted by atomic mass is 10.2. The minimum atomic E-state index is -3.42. The Kier molecular flexibility index (Phi) is 4.93. The second-order valence-corrected chi connectivity index (χ2v) is 8.79. The van der Waals surface area contributed by atoms with E-state index in [4.69, 9.17) is 0 Å². The van der Waals surface area contributed by atoms with E-state index in [9.17, 15) is 8.42 Å². The number of rotatable bonds is 3. The third kappa shape index (κ3) is 3.54. The van der Waals surface area contributed by atoms with Crippen LogP contribution in [0.3, 0.4) is 0 Å². The van der Waals surface area contributed by atoms with E-state index in [1.807, 2.05) is 37.3 Å². The molecule has 0 aliphatic carbocycles. The minimum absolute atomic E-state index is 0.428. The summed E-state index contributed by atoms with van der Waals surface area (Å²) in [5.41, 5.74) is 1.95. The highest BCUT2D eigenvalue weighted by molar-refractivity contribution is 14.1. The molecular weight excluding hydrogens is 423 g/mol. The van der Waals surface area contributed by atoms with Gasteiger partial charge in [-0.25, -0.2) is 8.42 Å². The zero-order valence-corrected chi connectivity index (χ0v) is 15.9. The molecule has 0 atom stereocenters. The van der Waals surface area contributed by atoms with Crippen molar-refractivity contribution >= 4 is 38.3 Å². The van der Waals surface area contributed by atoms with E-state index in [0.29, 0.717) is 31.1 Å². The predicted molar refractivity (Wildman–Crippen MR) is 101 cm³/mol. The lowest BCUT2D eigenvalue weighted by molar-refractivity contribution is 0.384. The van der Waals surface area contributed by atoms with Gasteiger partial charge in [-0.2, -0.15) is 4.31 Å². The van der Waals surface area contributed by atoms with Crippen molar-refractivity contribution in [1.82, 2.24) is 4.31 Å². The molecule has 122 valence electrons. The summed E-state index contributed by atoms with van der Waals surface area (Å²) in [5.74, 6) is 0. The van der Waals surface area contributed by atoms with Crippen LogP contribution >= 0.6 is 22.6 Å². The van der Waals surface area contributed by atoms with Crippen LogP contribution in [-0.4, -0.2) is 38.9 Å². The third-order valence-electron chi connectivity index (χ3n) is 4.13. The fraction of sp³-hybridized carbons (Fsp3) is 0.294. The van der Waals surface area contributed by atoms with Crippen LogP contribution in [0.5, 0.6) is 0 Å². The zero-order valence-electron chi connectivity index (χ0n) is 12.9. The predicted octanol–water partition coefficient (Wildman–Crippen LogP) is 3.11. The maximum absolute atomic E-state index is 12.9. The van der Waals surface area contributed by atoms with Gasteiger partial charge < -0.3 is 4.90 Å². The standard InChI is InChI=1S/C17H19IN2O2S/c1-14-7-8-15(18)13-17(14)23(21,22)20-11-9-19(10-12-20)16-5-3-2-4-6-16/h2-8,13H,9-12H2,1H3. The molecule has 4 nitrogen and oxygen atoms in total. The van der Waals surface area contributed by atoms with Crippen LogP contribution in [0.4, 0.5) is 5.69 Å². The van der Waals surface area contributed by atoms with Crippen molar-refractivity contribution in [3.63, 3.8) is 0 Å². The first kappa shape index (κ1) is 16.7. The number of aryl methyl sites for hydroxylation is 1. The van der Waals surface area contributed by atoms with E-state index >= 15 is 0 Å². The molecule has 0 aromatic heterocycles. The summed E-state index contributed by atoms with van der Waals surface area (Å²) in [5, 5.41) is 0. The highest BCUT2D eigenvalue weighted by atomic mass is 127. The molecule has 0 N–H and O–H groups in total. The first-order chi connectivity index (χ1) is 11.0. The number of nitrogens with zero attached hydrogens (tertiary/aromatic N) is 2. The normalized spacial score (nSPS) is 16.5. The first-order valence-electron chi connectivity index (χ1n) is 7.55. The number of halogens is 1. The van der Waals surface area contributed by atoms with Gasteiger partial charge in [0.25, 0.3) is 0 Å². The number of hydrogen-bond donors (Lipinski definition) is 0. The van der Waals surface area contributed by atoms with E-state index in [1.165, 1.54) is 0 Å². The first-order valence-corrected chi connectivity index (χ1v) is 10.1. The van der Waals surface area contributed by atoms with Crippen LogP contribution in [0.1, 0.15) is 5.56 Å². The number of para-hydroxylation sites is 1. The van der Waals surface area contributed by atoms with E-state index in [-0.39, 0.29) is 0 Å². The summed E-state index contributed by atoms with van der Waals surface area (Å²) in [4.78, 5) is 2.66. The SMILES string of the molecule is Cc1ccc(I)cc1S(=O)(=O)N1CCN(c2ccccc2)CC1. The molecule has 0 bridgehead atoms. The summed E-state index contributed by atoms with van der Waals surface area (Å²) in [7, 11) is -3.42. The van der Waals surface area contributed by atoms with Gasteiger partial charge in [-0.3, -0.25) is 0 Å². The largest absolute Gasteiger partial charge is 0.369 e. The summed E-state index contributed by atoms with van der Waals surface area (Å²) in [6, 6.07) is 15.7. The molecule has 23 heavy (non-hydrogen) atoms. The number of hydrogen-bond acceptors (Lipinski definition) is 3. The quantitative estimate of drug-likeness (QED) is 0.687. The van der Waals surface area contributed by atoms with Crippen LogP contribution in [-0.2, 0) is 10.0 Å². The van der Waals surface area contributed by atoms with Crippen molar-refractivity contribution in [3.8, 4) is 0 Å². The van der Waals surface area contributed by atoms with Gasteiger partial charge in [0.15, 0.2) is 0 Å². The van der Waals surface area contributed by atoms with E-state index in [2.05, 4.69) is 39.6 Å². The maximum Gasteiger partial charge on any atom is 0.243 e. The van der Waals surface area contributed by atoms with Gasteiger partial charge in [-0.05, 0) is 59.3 Å². The molecular formula is C17H19IN2O2S. The van der Waals surface area contributed by atoms with E-state index in [1.54, 1.807) is 10.4 Å². The molecule has 1 heterocycles. The summed E-state index contributed by atoms with van der Waals surface area (Å²) >= 11 is 2.15. The van der Waals surface area contributed by atoms with Gasteiger partial charge in [-0.15, -0.1) is 0 Å². The van der Waals surface area contributed by atoms with Gasteiger partial charge in [0.05, 0.1) is 4.90 Å². The third-order valence-corrected chi connectivity index (χ3v) is 6.84. The molecule has 0 radical (unpaired) electrons. The van der Waals surface area contributed by atoms with E-state index < -0.39 is 10.0 Å². The molecule has 1 saturated heterocycles. The highest BCUT2D eigenvalue weighted by Crippen LogP contribution is 2.24. The monoisotopic (exact) mass is 442 g/mol. The number of benzene rings is 2. The summed E-state index contributed by atoms with van der Waals surface area (Å²) in [6.07, 6.45) is 0. The van der Waals surface area contributed by atoms with Gasteiger partial charge in [0, 0.05) is 35.4 Å². The van der Waals surface area contributed by atoms with Gasteiger partial charge in [-0.1, -0.05) is 24.3 Å². The average Bonchev–Trinajstić information content (AvgIpc) is 2.58. The number of sulfonamides is 1. The molecule has 0 unspecified atom stereocenters. The van der Waals surface area contributed by atoms with Crippen LogP contribution in [0.2, 0.25) is 0 Å². The number of anilines is 1. The van der Waals surface area contributed by atoms with Crippen molar-refractivity contribution in [2.75, 3.05) is 31.1 Å². The summed E-state index contributed by atoms with van der Waals surface area (Å²) in [6.45, 7) is 4.31. The van der Waals surface area contributed by atoms with Gasteiger partial charge in [0.2, 0.25) is 10.0 Å². The fourth-order valence-electron chi connectivity index (χ4n) is 2.82. The Morgan fingerprint density at radius 2 is 1.61 bits per heavy atom. The molecule has 0 saturated carbocycles. The van der Waals surface area contributed by atoms with E-state index in [0.717, 1.165) is 14.8 Å². The van der Waals surface area contributed by atoms with Crippen LogP contribution in [0.15, 0.2) is 53.4 Å². The van der Waals surface area contributed by atoms with Gasteiger partial charge in [0.1, 0.15) is 0 Å².